The maximum absolute atomic E-state index is 5.83. The van der Waals surface area contributed by atoms with Crippen LogP contribution in [-0.2, 0) is 0 Å². The third-order valence-corrected chi connectivity index (χ3v) is 2.58. The summed E-state index contributed by atoms with van der Waals surface area (Å²) < 4.78 is 6.99. The molecule has 0 spiro atoms. The van der Waals surface area contributed by atoms with E-state index in [4.69, 9.17) is 27.4 Å². The topological polar surface area (TPSA) is 24.8 Å². The molecule has 0 atom stereocenters. The van der Waals surface area contributed by atoms with Gasteiger partial charge in [-0.1, -0.05) is 29.8 Å². The lowest BCUT2D eigenvalue weighted by Crippen LogP contribution is -2.06. The van der Waals surface area contributed by atoms with Crippen molar-refractivity contribution in [3.05, 3.63) is 41.0 Å². The summed E-state index contributed by atoms with van der Waals surface area (Å²) in [4.78, 5) is 3.83. The summed E-state index contributed by atoms with van der Waals surface area (Å²) in [5.41, 5.74) is 0. The third-order valence-electron chi connectivity index (χ3n) is 1.46. The average Bonchev–Trinajstić information content (AvgIpc) is 2.23. The highest BCUT2D eigenvalue weighted by molar-refractivity contribution is 7.93. The van der Waals surface area contributed by atoms with Gasteiger partial charge in [0.1, 0.15) is 12.1 Å². The van der Waals surface area contributed by atoms with Crippen LogP contribution in [0.1, 0.15) is 0 Å². The van der Waals surface area contributed by atoms with Crippen LogP contribution < -0.4 is 4.18 Å². The molecule has 3 nitrogen and oxygen atoms in total. The van der Waals surface area contributed by atoms with Gasteiger partial charge in [-0.15, -0.1) is 0 Å². The van der Waals surface area contributed by atoms with Crippen LogP contribution >= 0.6 is 35.4 Å². The Bertz CT molecular complexity index is 378. The zero-order valence-electron chi connectivity index (χ0n) is 8.56. The number of nitrogens with zero attached hydrogens (tertiary/aromatic N) is 2. The fraction of sp³-hybridized carbons (Fsp3) is 0.100. The minimum atomic E-state index is 0.525. The van der Waals surface area contributed by atoms with Gasteiger partial charge in [-0.05, 0) is 6.07 Å². The van der Waals surface area contributed by atoms with Gasteiger partial charge < -0.3 is 4.18 Å². The first-order valence-electron chi connectivity index (χ1n) is 4.29. The van der Waals surface area contributed by atoms with E-state index in [0.717, 1.165) is 12.2 Å². The molecule has 1 aromatic rings. The Labute approximate surface area is 109 Å². The van der Waals surface area contributed by atoms with Crippen molar-refractivity contribution < 1.29 is 4.18 Å². The quantitative estimate of drug-likeness (QED) is 0.351. The van der Waals surface area contributed by atoms with E-state index in [0.29, 0.717) is 15.8 Å². The Morgan fingerprint density at radius 1 is 1.38 bits per heavy atom. The van der Waals surface area contributed by atoms with Crippen LogP contribution in [0.5, 0.6) is 5.75 Å². The molecule has 16 heavy (non-hydrogen) atoms. The van der Waals surface area contributed by atoms with Gasteiger partial charge in [-0.25, -0.2) is 4.31 Å². The van der Waals surface area contributed by atoms with Crippen LogP contribution in [0.2, 0.25) is 10.0 Å². The highest BCUT2D eigenvalue weighted by Crippen LogP contribution is 2.27. The molecular formula is C10H10Cl2N2OS. The summed E-state index contributed by atoms with van der Waals surface area (Å²) in [6.07, 6.45) is 3.15. The first-order chi connectivity index (χ1) is 7.65. The molecule has 0 radical (unpaired) electrons. The van der Waals surface area contributed by atoms with E-state index in [1.807, 2.05) is 0 Å². The van der Waals surface area contributed by atoms with Crippen molar-refractivity contribution in [1.29, 1.82) is 0 Å². The molecule has 0 saturated carbocycles. The summed E-state index contributed by atoms with van der Waals surface area (Å²) in [5, 5.41) is 1.05. The highest BCUT2D eigenvalue weighted by atomic mass is 35.5. The Morgan fingerprint density at radius 2 is 2.00 bits per heavy atom. The van der Waals surface area contributed by atoms with Gasteiger partial charge >= 0.3 is 0 Å². The van der Waals surface area contributed by atoms with Gasteiger partial charge in [0.15, 0.2) is 12.2 Å². The van der Waals surface area contributed by atoms with Crippen molar-refractivity contribution in [3.8, 4) is 5.75 Å². The maximum atomic E-state index is 5.83. The van der Waals surface area contributed by atoms with Crippen LogP contribution in [0.15, 0.2) is 36.0 Å². The van der Waals surface area contributed by atoms with Crippen LogP contribution in [0.3, 0.4) is 0 Å². The summed E-state index contributed by atoms with van der Waals surface area (Å²) in [6, 6.07) is 4.98. The van der Waals surface area contributed by atoms with Crippen molar-refractivity contribution >= 4 is 41.8 Å². The second-order valence-electron chi connectivity index (χ2n) is 2.68. The molecule has 0 heterocycles. The molecule has 0 bridgehead atoms. The SMILES string of the molecule is C=CN(C=NC)SOc1cc(Cl)cc(Cl)c1. The van der Waals surface area contributed by atoms with E-state index >= 15 is 0 Å². The van der Waals surface area contributed by atoms with Crippen LogP contribution in [-0.4, -0.2) is 17.7 Å². The van der Waals surface area contributed by atoms with Gasteiger partial charge in [0.05, 0.1) is 0 Å². The summed E-state index contributed by atoms with van der Waals surface area (Å²) in [6.45, 7) is 3.61. The molecule has 0 aromatic heterocycles. The zero-order chi connectivity index (χ0) is 12.0. The minimum Gasteiger partial charge on any atom is -0.405 e. The lowest BCUT2D eigenvalue weighted by atomic mass is 10.3. The Kier molecular flexibility index (Phi) is 5.52. The number of hydrogen-bond acceptors (Lipinski definition) is 3. The molecule has 0 aliphatic rings. The molecule has 0 N–H and O–H groups in total. The fourth-order valence-corrected chi connectivity index (χ4v) is 1.84. The number of hydrogen-bond donors (Lipinski definition) is 0. The molecule has 86 valence electrons. The Hall–Kier alpha value is -0.840. The zero-order valence-corrected chi connectivity index (χ0v) is 10.9. The first kappa shape index (κ1) is 13.2. The molecule has 0 unspecified atom stereocenters. The van der Waals surface area contributed by atoms with E-state index in [1.165, 1.54) is 0 Å². The number of rotatable bonds is 5. The monoisotopic (exact) mass is 276 g/mol. The number of aliphatic imine (C=N–C) groups is 1. The molecule has 0 aliphatic carbocycles. The number of benzene rings is 1. The lowest BCUT2D eigenvalue weighted by molar-refractivity contribution is 0.622. The molecule has 1 rings (SSSR count). The van der Waals surface area contributed by atoms with Crippen molar-refractivity contribution in [2.24, 2.45) is 4.99 Å². The van der Waals surface area contributed by atoms with Crippen LogP contribution in [0.25, 0.3) is 0 Å². The summed E-state index contributed by atoms with van der Waals surface area (Å²) >= 11 is 12.7. The summed E-state index contributed by atoms with van der Waals surface area (Å²) in [7, 11) is 1.66. The van der Waals surface area contributed by atoms with Gasteiger partial charge in [0.2, 0.25) is 0 Å². The summed E-state index contributed by atoms with van der Waals surface area (Å²) in [5.74, 6) is 0.568. The van der Waals surface area contributed by atoms with E-state index < -0.39 is 0 Å². The van der Waals surface area contributed by atoms with E-state index in [9.17, 15) is 0 Å². The van der Waals surface area contributed by atoms with Gasteiger partial charge in [-0.2, -0.15) is 0 Å². The lowest BCUT2D eigenvalue weighted by Gasteiger charge is -2.11. The standard InChI is InChI=1S/C10H10Cl2N2OS/c1-3-14(7-13-2)16-15-10-5-8(11)4-9(12)6-10/h3-7H,1H2,2H3. The van der Waals surface area contributed by atoms with Crippen LogP contribution in [0.4, 0.5) is 0 Å². The predicted octanol–water partition coefficient (Wildman–Crippen LogP) is 4.04. The number of halogens is 2. The predicted molar refractivity (Wildman–Crippen MR) is 71.1 cm³/mol. The third kappa shape index (κ3) is 4.35. The second-order valence-corrected chi connectivity index (χ2v) is 4.29. The average molecular weight is 277 g/mol. The molecule has 0 amide bonds. The maximum Gasteiger partial charge on any atom is 0.184 e. The van der Waals surface area contributed by atoms with E-state index in [1.54, 1.807) is 42.1 Å². The van der Waals surface area contributed by atoms with Crippen molar-refractivity contribution in [2.45, 2.75) is 0 Å². The van der Waals surface area contributed by atoms with Crippen LogP contribution in [0, 0.1) is 0 Å². The second kappa shape index (κ2) is 6.68. The van der Waals surface area contributed by atoms with Crippen molar-refractivity contribution in [1.82, 2.24) is 4.31 Å². The highest BCUT2D eigenvalue weighted by Gasteiger charge is 2.02. The first-order valence-corrected chi connectivity index (χ1v) is 5.75. The van der Waals surface area contributed by atoms with Crippen molar-refractivity contribution in [2.75, 3.05) is 7.05 Å². The van der Waals surface area contributed by atoms with E-state index in [-0.39, 0.29) is 0 Å². The molecule has 1 aromatic carbocycles. The van der Waals surface area contributed by atoms with Gasteiger partial charge in [-0.3, -0.25) is 4.99 Å². The largest absolute Gasteiger partial charge is 0.405 e. The van der Waals surface area contributed by atoms with E-state index in [2.05, 4.69) is 11.6 Å². The smallest absolute Gasteiger partial charge is 0.184 e. The Balaban J connectivity index is 2.63. The molecule has 0 fully saturated rings. The molecule has 6 heteroatoms. The minimum absolute atomic E-state index is 0.525. The van der Waals surface area contributed by atoms with Gasteiger partial charge in [0.25, 0.3) is 0 Å². The molecular weight excluding hydrogens is 267 g/mol. The fourth-order valence-electron chi connectivity index (χ4n) is 0.873. The molecule has 0 aliphatic heterocycles. The Morgan fingerprint density at radius 3 is 2.50 bits per heavy atom. The normalized spacial score (nSPS) is 10.4. The van der Waals surface area contributed by atoms with Crippen molar-refractivity contribution in [3.63, 3.8) is 0 Å². The van der Waals surface area contributed by atoms with Gasteiger partial charge in [0, 0.05) is 35.4 Å². The molecule has 0 saturated heterocycles.